The van der Waals surface area contributed by atoms with Crippen molar-refractivity contribution >= 4 is 35.3 Å². The average Bonchev–Trinajstić information content (AvgIpc) is 2.85. The highest BCUT2D eigenvalue weighted by atomic mass is 32.2. The van der Waals surface area contributed by atoms with Crippen molar-refractivity contribution in [3.05, 3.63) is 29.8 Å². The Balaban J connectivity index is 1.88. The van der Waals surface area contributed by atoms with E-state index in [9.17, 15) is 9.59 Å². The summed E-state index contributed by atoms with van der Waals surface area (Å²) in [6.45, 7) is 1.06. The summed E-state index contributed by atoms with van der Waals surface area (Å²) in [4.78, 5) is 25.5. The summed E-state index contributed by atoms with van der Waals surface area (Å²) in [6, 6.07) is 7.02. The van der Waals surface area contributed by atoms with E-state index in [1.54, 1.807) is 37.7 Å². The molecule has 1 unspecified atom stereocenters. The molecule has 2 atom stereocenters. The van der Waals surface area contributed by atoms with Gasteiger partial charge in [0, 0.05) is 19.4 Å². The highest BCUT2D eigenvalue weighted by Crippen LogP contribution is 2.27. The molecular weight excluding hydrogens is 458 g/mol. The van der Waals surface area contributed by atoms with Crippen molar-refractivity contribution in [2.24, 2.45) is 5.92 Å². The van der Waals surface area contributed by atoms with Crippen molar-refractivity contribution < 1.29 is 19.1 Å². The Morgan fingerprint density at radius 3 is 2.48 bits per heavy atom. The summed E-state index contributed by atoms with van der Waals surface area (Å²) in [5.74, 6) is 2.76. The van der Waals surface area contributed by atoms with Gasteiger partial charge in [-0.1, -0.05) is 31.4 Å². The van der Waals surface area contributed by atoms with E-state index in [0.717, 1.165) is 23.0 Å². The van der Waals surface area contributed by atoms with Gasteiger partial charge in [0.1, 0.15) is 11.8 Å². The number of rotatable bonds is 15. The van der Waals surface area contributed by atoms with Crippen LogP contribution in [0.3, 0.4) is 0 Å². The first-order valence-electron chi connectivity index (χ1n) is 11.6. The second-order valence-electron chi connectivity index (χ2n) is 8.29. The minimum Gasteiger partial charge on any atom is -0.497 e. The van der Waals surface area contributed by atoms with Crippen molar-refractivity contribution in [3.8, 4) is 5.75 Å². The largest absolute Gasteiger partial charge is 0.497 e. The fourth-order valence-corrected chi connectivity index (χ4v) is 5.55. The molecule has 0 aromatic heterocycles. The van der Waals surface area contributed by atoms with Gasteiger partial charge in [0.05, 0.1) is 25.6 Å². The lowest BCUT2D eigenvalue weighted by Gasteiger charge is -2.23. The van der Waals surface area contributed by atoms with E-state index in [0.29, 0.717) is 18.9 Å². The number of hydrogen-bond acceptors (Lipinski definition) is 7. The highest BCUT2D eigenvalue weighted by Gasteiger charge is 2.22. The lowest BCUT2D eigenvalue weighted by atomic mass is 9.91. The molecule has 0 saturated heterocycles. The summed E-state index contributed by atoms with van der Waals surface area (Å²) < 4.78 is 10.3. The van der Waals surface area contributed by atoms with Crippen LogP contribution < -0.4 is 20.7 Å². The van der Waals surface area contributed by atoms with E-state index in [1.165, 1.54) is 32.1 Å². The molecule has 0 spiro atoms. The molecule has 0 aliphatic heterocycles. The SMILES string of the molecule is COCC(NCC(=O)N[C@@H](CSCC1CCCCC1)C(=O)NCc1ccc(OC)cc1)SC. The van der Waals surface area contributed by atoms with Crippen LogP contribution in [-0.4, -0.2) is 68.4 Å². The number of ether oxygens (including phenoxy) is 2. The van der Waals surface area contributed by atoms with Gasteiger partial charge < -0.3 is 20.1 Å². The van der Waals surface area contributed by atoms with Gasteiger partial charge in [0.2, 0.25) is 11.8 Å². The summed E-state index contributed by atoms with van der Waals surface area (Å²) in [5.41, 5.74) is 0.980. The first-order valence-corrected chi connectivity index (χ1v) is 14.0. The minimum absolute atomic E-state index is 0.0313. The monoisotopic (exact) mass is 497 g/mol. The van der Waals surface area contributed by atoms with Crippen LogP contribution in [0.2, 0.25) is 0 Å². The smallest absolute Gasteiger partial charge is 0.243 e. The van der Waals surface area contributed by atoms with Crippen LogP contribution in [0.5, 0.6) is 5.75 Å². The Hall–Kier alpha value is -1.42. The van der Waals surface area contributed by atoms with Crippen molar-refractivity contribution in [2.75, 3.05) is 45.1 Å². The van der Waals surface area contributed by atoms with E-state index < -0.39 is 6.04 Å². The molecular formula is C24H39N3O4S2. The van der Waals surface area contributed by atoms with Crippen LogP contribution in [0.15, 0.2) is 24.3 Å². The molecule has 3 N–H and O–H groups in total. The quantitative estimate of drug-likeness (QED) is 0.321. The number of hydrogen-bond donors (Lipinski definition) is 3. The number of thioether (sulfide) groups is 2. The lowest BCUT2D eigenvalue weighted by molar-refractivity contribution is -0.128. The Labute approximate surface area is 206 Å². The zero-order valence-electron chi connectivity index (χ0n) is 20.1. The molecule has 7 nitrogen and oxygen atoms in total. The summed E-state index contributed by atoms with van der Waals surface area (Å²) in [6.07, 6.45) is 8.45. The number of benzene rings is 1. The average molecular weight is 498 g/mol. The van der Waals surface area contributed by atoms with Gasteiger partial charge in [-0.3, -0.25) is 14.9 Å². The molecule has 0 radical (unpaired) electrons. The van der Waals surface area contributed by atoms with Crippen LogP contribution in [-0.2, 0) is 20.9 Å². The third-order valence-corrected chi connectivity index (χ3v) is 7.88. The number of carbonyl (C=O) groups excluding carboxylic acids is 2. The van der Waals surface area contributed by atoms with Gasteiger partial charge in [0.15, 0.2) is 0 Å². The highest BCUT2D eigenvalue weighted by molar-refractivity contribution is 7.99. The molecule has 1 aliphatic carbocycles. The number of nitrogens with one attached hydrogen (secondary N) is 3. The number of methoxy groups -OCH3 is 2. The molecule has 0 heterocycles. The molecule has 2 amide bonds. The lowest BCUT2D eigenvalue weighted by Crippen LogP contribution is -2.51. The topological polar surface area (TPSA) is 88.7 Å². The first kappa shape index (κ1) is 27.8. The molecule has 2 rings (SSSR count). The molecule has 1 aromatic carbocycles. The third kappa shape index (κ3) is 11.0. The molecule has 9 heteroatoms. The van der Waals surface area contributed by atoms with Gasteiger partial charge in [-0.05, 0) is 48.5 Å². The zero-order chi connectivity index (χ0) is 23.9. The van der Waals surface area contributed by atoms with E-state index in [4.69, 9.17) is 9.47 Å². The fourth-order valence-electron chi connectivity index (χ4n) is 3.76. The Morgan fingerprint density at radius 2 is 1.85 bits per heavy atom. The van der Waals surface area contributed by atoms with E-state index >= 15 is 0 Å². The maximum Gasteiger partial charge on any atom is 0.243 e. The van der Waals surface area contributed by atoms with Crippen molar-refractivity contribution in [1.82, 2.24) is 16.0 Å². The first-order chi connectivity index (χ1) is 16.0. The minimum atomic E-state index is -0.568. The Bertz CT molecular complexity index is 699. The van der Waals surface area contributed by atoms with E-state index in [1.807, 2.05) is 30.5 Å². The Morgan fingerprint density at radius 1 is 1.12 bits per heavy atom. The fraction of sp³-hybridized carbons (Fsp3) is 0.667. The zero-order valence-corrected chi connectivity index (χ0v) is 21.7. The normalized spacial score (nSPS) is 16.1. The molecule has 1 aromatic rings. The van der Waals surface area contributed by atoms with Crippen molar-refractivity contribution in [3.63, 3.8) is 0 Å². The van der Waals surface area contributed by atoms with Crippen LogP contribution in [0.25, 0.3) is 0 Å². The molecule has 1 aliphatic rings. The van der Waals surface area contributed by atoms with Gasteiger partial charge >= 0.3 is 0 Å². The van der Waals surface area contributed by atoms with Crippen LogP contribution in [0, 0.1) is 5.92 Å². The molecule has 1 saturated carbocycles. The van der Waals surface area contributed by atoms with Crippen LogP contribution >= 0.6 is 23.5 Å². The summed E-state index contributed by atoms with van der Waals surface area (Å²) >= 11 is 3.36. The van der Waals surface area contributed by atoms with Crippen molar-refractivity contribution in [1.29, 1.82) is 0 Å². The molecule has 33 heavy (non-hydrogen) atoms. The maximum absolute atomic E-state index is 12.9. The van der Waals surface area contributed by atoms with Gasteiger partial charge in [-0.2, -0.15) is 11.8 Å². The molecule has 0 bridgehead atoms. The van der Waals surface area contributed by atoms with Gasteiger partial charge in [0.25, 0.3) is 0 Å². The predicted molar refractivity (Wildman–Crippen MR) is 138 cm³/mol. The summed E-state index contributed by atoms with van der Waals surface area (Å²) in [7, 11) is 3.26. The Kier molecular flexibility index (Phi) is 13.7. The number of amides is 2. The molecule has 186 valence electrons. The van der Waals surface area contributed by atoms with Crippen molar-refractivity contribution in [2.45, 2.75) is 50.1 Å². The second-order valence-corrected chi connectivity index (χ2v) is 10.4. The van der Waals surface area contributed by atoms with E-state index in [2.05, 4.69) is 16.0 Å². The standard InChI is InChI=1S/C24H39N3O4S2/c1-30-15-23(32-3)25-14-22(28)27-21(17-33-16-19-7-5-4-6-8-19)24(29)26-13-18-9-11-20(31-2)12-10-18/h9-12,19,21,23,25H,4-8,13-17H2,1-3H3,(H,26,29)(H,27,28)/t21-,23?/m0/s1. The maximum atomic E-state index is 12.9. The van der Waals surface area contributed by atoms with Gasteiger partial charge in [-0.15, -0.1) is 11.8 Å². The second kappa shape index (κ2) is 16.2. The third-order valence-electron chi connectivity index (χ3n) is 5.73. The number of carbonyl (C=O) groups is 2. The summed E-state index contributed by atoms with van der Waals surface area (Å²) in [5, 5.41) is 9.10. The molecule has 1 fully saturated rings. The van der Waals surface area contributed by atoms with E-state index in [-0.39, 0.29) is 23.7 Å². The van der Waals surface area contributed by atoms with Crippen LogP contribution in [0.4, 0.5) is 0 Å². The van der Waals surface area contributed by atoms with Gasteiger partial charge in [-0.25, -0.2) is 0 Å². The van der Waals surface area contributed by atoms with Crippen LogP contribution in [0.1, 0.15) is 37.7 Å². The predicted octanol–water partition coefficient (Wildman–Crippen LogP) is 3.03.